The molecule has 1 unspecified atom stereocenters. The van der Waals surface area contributed by atoms with Gasteiger partial charge in [-0.2, -0.15) is 10.2 Å². The molecule has 12 heteroatoms. The Morgan fingerprint density at radius 1 is 1.19 bits per heavy atom. The molecule has 1 N–H and O–H groups in total. The number of piperidine rings is 1. The van der Waals surface area contributed by atoms with E-state index in [0.29, 0.717) is 67.3 Å². The number of imidazole rings is 1. The molecule has 0 spiro atoms. The highest BCUT2D eigenvalue weighted by Crippen LogP contribution is 2.30. The van der Waals surface area contributed by atoms with Crippen molar-refractivity contribution in [1.82, 2.24) is 29.0 Å². The standard InChI is InChI=1S/C24H24ClN7O4/c25-17-1-2-18-20(16(17)11-26)31(9-8-30-6-3-15(33)4-7-30)24(34)21-19(27-13-32(18)21)22-28-23(36-29-22)14-5-10-35-12-14/h1-2,13-15,33H,3-10,12H2. The van der Waals surface area contributed by atoms with Gasteiger partial charge in [0.05, 0.1) is 40.2 Å². The largest absolute Gasteiger partial charge is 0.393 e. The lowest BCUT2D eigenvalue weighted by atomic mass is 10.1. The van der Waals surface area contributed by atoms with Gasteiger partial charge in [-0.15, -0.1) is 0 Å². The van der Waals surface area contributed by atoms with Crippen LogP contribution in [-0.2, 0) is 11.3 Å². The third-order valence-electron chi connectivity index (χ3n) is 7.09. The van der Waals surface area contributed by atoms with Gasteiger partial charge in [-0.25, -0.2) is 4.98 Å². The molecule has 1 aromatic carbocycles. The van der Waals surface area contributed by atoms with Crippen LogP contribution in [0.1, 0.15) is 36.6 Å². The van der Waals surface area contributed by atoms with Crippen LogP contribution in [0, 0.1) is 11.3 Å². The molecule has 4 aromatic rings. The second-order valence-electron chi connectivity index (χ2n) is 9.26. The third-order valence-corrected chi connectivity index (χ3v) is 7.41. The van der Waals surface area contributed by atoms with Crippen LogP contribution < -0.4 is 5.56 Å². The van der Waals surface area contributed by atoms with Crippen molar-refractivity contribution >= 4 is 28.2 Å². The summed E-state index contributed by atoms with van der Waals surface area (Å²) < 4.78 is 14.2. The second kappa shape index (κ2) is 9.29. The number of benzene rings is 1. The monoisotopic (exact) mass is 509 g/mol. The number of rotatable bonds is 5. The Morgan fingerprint density at radius 2 is 2.03 bits per heavy atom. The van der Waals surface area contributed by atoms with Crippen molar-refractivity contribution < 1.29 is 14.4 Å². The molecule has 0 amide bonds. The number of nitrogens with zero attached hydrogens (tertiary/aromatic N) is 7. The lowest BCUT2D eigenvalue weighted by molar-refractivity contribution is 0.0810. The van der Waals surface area contributed by atoms with Gasteiger partial charge in [0.15, 0.2) is 0 Å². The molecule has 3 aromatic heterocycles. The molecule has 186 valence electrons. The van der Waals surface area contributed by atoms with Crippen molar-refractivity contribution in [2.45, 2.75) is 37.8 Å². The van der Waals surface area contributed by atoms with E-state index in [2.05, 4.69) is 26.1 Å². The summed E-state index contributed by atoms with van der Waals surface area (Å²) >= 11 is 6.37. The van der Waals surface area contributed by atoms with Gasteiger partial charge in [0, 0.05) is 32.8 Å². The SMILES string of the molecule is N#Cc1c(Cl)ccc2c1n(CCN1CCC(O)CC1)c(=O)c1c(-c3noc(C4CCOC4)n3)ncn12. The van der Waals surface area contributed by atoms with Gasteiger partial charge in [-0.3, -0.25) is 9.20 Å². The van der Waals surface area contributed by atoms with Crippen molar-refractivity contribution in [3.63, 3.8) is 0 Å². The number of nitriles is 1. The number of hydrogen-bond donors (Lipinski definition) is 1. The van der Waals surface area contributed by atoms with Crippen LogP contribution in [0.5, 0.6) is 0 Å². The highest BCUT2D eigenvalue weighted by Gasteiger charge is 2.27. The van der Waals surface area contributed by atoms with Crippen LogP contribution in [0.2, 0.25) is 5.02 Å². The lowest BCUT2D eigenvalue weighted by Gasteiger charge is -2.29. The van der Waals surface area contributed by atoms with E-state index in [0.717, 1.165) is 19.5 Å². The van der Waals surface area contributed by atoms with Gasteiger partial charge in [-0.05, 0) is 31.4 Å². The summed E-state index contributed by atoms with van der Waals surface area (Å²) in [5.74, 6) is 0.735. The molecule has 2 aliphatic rings. The van der Waals surface area contributed by atoms with E-state index in [1.54, 1.807) is 21.1 Å². The average Bonchev–Trinajstić information content (AvgIpc) is 3.65. The Labute approximate surface area is 210 Å². The predicted molar refractivity (Wildman–Crippen MR) is 130 cm³/mol. The molecule has 0 saturated carbocycles. The number of aliphatic hydroxyl groups is 1. The predicted octanol–water partition coefficient (Wildman–Crippen LogP) is 2.18. The molecule has 5 heterocycles. The molecule has 1 atom stereocenters. The number of aliphatic hydroxyl groups excluding tert-OH is 1. The van der Waals surface area contributed by atoms with Gasteiger partial charge in [-0.1, -0.05) is 16.8 Å². The fourth-order valence-electron chi connectivity index (χ4n) is 5.08. The minimum atomic E-state index is -0.318. The minimum Gasteiger partial charge on any atom is -0.393 e. The molecule has 11 nitrogen and oxygen atoms in total. The smallest absolute Gasteiger partial charge is 0.277 e. The van der Waals surface area contributed by atoms with E-state index in [9.17, 15) is 15.2 Å². The van der Waals surface area contributed by atoms with Crippen molar-refractivity contribution in [3.8, 4) is 17.6 Å². The van der Waals surface area contributed by atoms with Crippen molar-refractivity contribution in [2.75, 3.05) is 32.8 Å². The number of likely N-dealkylation sites (tertiary alicyclic amines) is 1. The van der Waals surface area contributed by atoms with Crippen molar-refractivity contribution in [2.24, 2.45) is 0 Å². The molecule has 0 aliphatic carbocycles. The lowest BCUT2D eigenvalue weighted by Crippen LogP contribution is -2.39. The van der Waals surface area contributed by atoms with E-state index >= 15 is 0 Å². The summed E-state index contributed by atoms with van der Waals surface area (Å²) in [6, 6.07) is 5.59. The Kier molecular flexibility index (Phi) is 5.97. The molecule has 2 aliphatic heterocycles. The number of halogens is 1. The van der Waals surface area contributed by atoms with E-state index in [-0.39, 0.29) is 34.0 Å². The average molecular weight is 510 g/mol. The maximum atomic E-state index is 13.9. The molecular formula is C24H24ClN7O4. The summed E-state index contributed by atoms with van der Waals surface area (Å²) in [4.78, 5) is 25.2. The normalized spacial score (nSPS) is 19.4. The molecule has 0 radical (unpaired) electrons. The first kappa shape index (κ1) is 23.1. The highest BCUT2D eigenvalue weighted by molar-refractivity contribution is 6.32. The van der Waals surface area contributed by atoms with Crippen LogP contribution in [0.25, 0.3) is 28.1 Å². The first-order chi connectivity index (χ1) is 17.5. The van der Waals surface area contributed by atoms with Gasteiger partial charge in [0.1, 0.15) is 23.6 Å². The van der Waals surface area contributed by atoms with E-state index < -0.39 is 0 Å². The second-order valence-corrected chi connectivity index (χ2v) is 9.67. The van der Waals surface area contributed by atoms with E-state index in [1.165, 1.54) is 6.33 Å². The van der Waals surface area contributed by atoms with Gasteiger partial charge < -0.3 is 23.8 Å². The van der Waals surface area contributed by atoms with E-state index in [4.69, 9.17) is 20.9 Å². The Balaban J connectivity index is 1.49. The zero-order valence-electron chi connectivity index (χ0n) is 19.4. The summed E-state index contributed by atoms with van der Waals surface area (Å²) in [5, 5.41) is 24.1. The number of hydrogen-bond acceptors (Lipinski definition) is 9. The molecule has 0 bridgehead atoms. The topological polar surface area (TPSA) is 135 Å². The number of aromatic nitrogens is 5. The van der Waals surface area contributed by atoms with Crippen LogP contribution in [0.4, 0.5) is 0 Å². The van der Waals surface area contributed by atoms with Gasteiger partial charge >= 0.3 is 0 Å². The molecule has 36 heavy (non-hydrogen) atoms. The van der Waals surface area contributed by atoms with Gasteiger partial charge in [0.25, 0.3) is 5.56 Å². The molecule has 6 rings (SSSR count). The molecule has 2 saturated heterocycles. The van der Waals surface area contributed by atoms with Crippen molar-refractivity contribution in [3.05, 3.63) is 45.3 Å². The third kappa shape index (κ3) is 3.87. The maximum absolute atomic E-state index is 13.9. The zero-order chi connectivity index (χ0) is 24.8. The Morgan fingerprint density at radius 3 is 2.78 bits per heavy atom. The number of fused-ring (bicyclic) bond motifs is 3. The van der Waals surface area contributed by atoms with E-state index in [1.807, 2.05) is 0 Å². The minimum absolute atomic E-state index is 0.0287. The number of ether oxygens (including phenoxy) is 1. The Bertz CT molecular complexity index is 1540. The van der Waals surface area contributed by atoms with Crippen molar-refractivity contribution in [1.29, 1.82) is 5.26 Å². The molecule has 2 fully saturated rings. The first-order valence-electron chi connectivity index (χ1n) is 12.0. The molecular weight excluding hydrogens is 486 g/mol. The summed E-state index contributed by atoms with van der Waals surface area (Å²) in [6.45, 7) is 3.60. The quantitative estimate of drug-likeness (QED) is 0.429. The zero-order valence-corrected chi connectivity index (χ0v) is 20.2. The Hall–Kier alpha value is -3.30. The van der Waals surface area contributed by atoms with Crippen LogP contribution >= 0.6 is 11.6 Å². The summed E-state index contributed by atoms with van der Waals surface area (Å²) in [7, 11) is 0. The first-order valence-corrected chi connectivity index (χ1v) is 12.4. The van der Waals surface area contributed by atoms with Gasteiger partial charge in [0.2, 0.25) is 11.7 Å². The fourth-order valence-corrected chi connectivity index (χ4v) is 5.28. The van der Waals surface area contributed by atoms with Crippen LogP contribution in [0.3, 0.4) is 0 Å². The van der Waals surface area contributed by atoms with Crippen LogP contribution in [0.15, 0.2) is 27.8 Å². The summed E-state index contributed by atoms with van der Waals surface area (Å²) in [5.41, 5.74) is 1.63. The van der Waals surface area contributed by atoms with Crippen LogP contribution in [-0.4, -0.2) is 73.1 Å². The maximum Gasteiger partial charge on any atom is 0.277 e. The fraction of sp³-hybridized carbons (Fsp3) is 0.458. The summed E-state index contributed by atoms with van der Waals surface area (Å²) in [6.07, 6.45) is 3.45. The highest BCUT2D eigenvalue weighted by atomic mass is 35.5.